The fourth-order valence-corrected chi connectivity index (χ4v) is 7.18. The molecule has 324 valence electrons. The molecule has 9 heteroatoms. The van der Waals surface area contributed by atoms with E-state index in [2.05, 4.69) is 55.6 Å². The van der Waals surface area contributed by atoms with Crippen LogP contribution < -0.4 is 10.2 Å². The minimum Gasteiger partial charge on any atom is -0.756 e. The van der Waals surface area contributed by atoms with Gasteiger partial charge in [-0.2, -0.15) is 0 Å². The molecule has 0 saturated carbocycles. The van der Waals surface area contributed by atoms with Gasteiger partial charge in [0.05, 0.1) is 39.9 Å². The Kier molecular flexibility index (Phi) is 37.4. The van der Waals surface area contributed by atoms with Crippen LogP contribution >= 0.6 is 7.82 Å². The Balaban J connectivity index is 4.25. The number of rotatable bonds is 41. The highest BCUT2D eigenvalue weighted by Crippen LogP contribution is 2.38. The van der Waals surface area contributed by atoms with Gasteiger partial charge in [0.1, 0.15) is 13.2 Å². The van der Waals surface area contributed by atoms with Crippen LogP contribution in [0.3, 0.4) is 0 Å². The molecule has 1 amide bonds. The van der Waals surface area contributed by atoms with Crippen molar-refractivity contribution >= 4 is 13.7 Å². The Morgan fingerprint density at radius 3 is 1.53 bits per heavy atom. The lowest BCUT2D eigenvalue weighted by Crippen LogP contribution is -2.46. The molecule has 2 N–H and O–H groups in total. The van der Waals surface area contributed by atoms with Crippen LogP contribution in [0.4, 0.5) is 0 Å². The van der Waals surface area contributed by atoms with E-state index in [0.29, 0.717) is 23.9 Å². The second kappa shape index (κ2) is 38.2. The number of quaternary nitrogens is 1. The molecule has 0 spiro atoms. The molecule has 0 saturated heterocycles. The zero-order chi connectivity index (χ0) is 40.7. The first-order valence-electron chi connectivity index (χ1n) is 22.8. The molecular weight excluding hydrogens is 707 g/mol. The van der Waals surface area contributed by atoms with E-state index >= 15 is 0 Å². The number of hydrogen-bond donors (Lipinski definition) is 2. The lowest BCUT2D eigenvalue weighted by Gasteiger charge is -2.30. The quantitative estimate of drug-likeness (QED) is 0.0276. The molecule has 8 nitrogen and oxygen atoms in total. The second-order valence-electron chi connectivity index (χ2n) is 16.8. The smallest absolute Gasteiger partial charge is 0.268 e. The van der Waals surface area contributed by atoms with Crippen LogP contribution in [0.5, 0.6) is 0 Å². The van der Waals surface area contributed by atoms with Gasteiger partial charge in [0.2, 0.25) is 5.91 Å². The molecule has 0 aliphatic carbocycles. The average Bonchev–Trinajstić information content (AvgIpc) is 3.13. The number of carbonyl (C=O) groups is 1. The molecule has 0 fully saturated rings. The van der Waals surface area contributed by atoms with Crippen LogP contribution in [0.15, 0.2) is 36.5 Å². The summed E-state index contributed by atoms with van der Waals surface area (Å²) in [7, 11) is 1.29. The molecule has 0 aliphatic heterocycles. The van der Waals surface area contributed by atoms with Gasteiger partial charge in [-0.1, -0.05) is 179 Å². The summed E-state index contributed by atoms with van der Waals surface area (Å²) < 4.78 is 23.2. The number of phosphoric acid groups is 1. The van der Waals surface area contributed by atoms with Gasteiger partial charge in [0.25, 0.3) is 7.82 Å². The summed E-state index contributed by atoms with van der Waals surface area (Å²) in [6.45, 7) is 4.68. The molecule has 0 aromatic heterocycles. The van der Waals surface area contributed by atoms with Crippen molar-refractivity contribution < 1.29 is 32.9 Å². The van der Waals surface area contributed by atoms with E-state index in [1.165, 1.54) is 116 Å². The molecule has 0 aromatic rings. The van der Waals surface area contributed by atoms with Gasteiger partial charge in [-0.15, -0.1) is 0 Å². The van der Waals surface area contributed by atoms with Crippen molar-refractivity contribution in [3.63, 3.8) is 0 Å². The van der Waals surface area contributed by atoms with Crippen LogP contribution in [0, 0.1) is 0 Å². The molecule has 3 atom stereocenters. The predicted molar refractivity (Wildman–Crippen MR) is 233 cm³/mol. The maximum absolute atomic E-state index is 12.9. The number of likely N-dealkylation sites (N-methyl/N-ethyl adjacent to an activating group) is 1. The standard InChI is InChI=1S/C46H89N2O6P/c1-6-8-10-12-14-16-18-19-20-21-22-23-24-25-26-27-28-29-30-32-34-36-38-40-46(50)47-44(43-54-55(51,52)53-42-41-48(3,4)5)45(49)39-37-35-33-31-17-15-13-11-9-7-2/h18-19,21-22,24-25,44-45,49H,6-17,20,23,26-43H2,1-5H3,(H-,47,50,51,52)/b19-18-,22-21-,25-24-. The van der Waals surface area contributed by atoms with Crippen molar-refractivity contribution in [2.75, 3.05) is 40.9 Å². The van der Waals surface area contributed by atoms with Crippen molar-refractivity contribution in [1.82, 2.24) is 5.32 Å². The number of hydrogen-bond acceptors (Lipinski definition) is 6. The van der Waals surface area contributed by atoms with Crippen molar-refractivity contribution in [1.29, 1.82) is 0 Å². The van der Waals surface area contributed by atoms with Crippen LogP contribution in [-0.2, 0) is 18.4 Å². The van der Waals surface area contributed by atoms with Crippen molar-refractivity contribution in [3.8, 4) is 0 Å². The maximum atomic E-state index is 12.9. The highest BCUT2D eigenvalue weighted by molar-refractivity contribution is 7.45. The topological polar surface area (TPSA) is 108 Å². The third kappa shape index (κ3) is 40.7. The van der Waals surface area contributed by atoms with Gasteiger partial charge in [-0.05, 0) is 51.4 Å². The molecule has 0 heterocycles. The number of aliphatic hydroxyl groups is 1. The number of nitrogens with zero attached hydrogens (tertiary/aromatic N) is 1. The number of carbonyl (C=O) groups excluding carboxylic acids is 1. The molecule has 0 radical (unpaired) electrons. The minimum absolute atomic E-state index is 0.00972. The van der Waals surface area contributed by atoms with E-state index in [0.717, 1.165) is 57.8 Å². The van der Waals surface area contributed by atoms with Crippen LogP contribution in [-0.4, -0.2) is 68.5 Å². The Labute approximate surface area is 340 Å². The predicted octanol–water partition coefficient (Wildman–Crippen LogP) is 12.1. The summed E-state index contributed by atoms with van der Waals surface area (Å²) in [5, 5.41) is 13.9. The van der Waals surface area contributed by atoms with E-state index in [4.69, 9.17) is 9.05 Å². The minimum atomic E-state index is -4.56. The number of allylic oxidation sites excluding steroid dienone is 6. The summed E-state index contributed by atoms with van der Waals surface area (Å²) in [5.74, 6) is -0.175. The Morgan fingerprint density at radius 1 is 0.636 bits per heavy atom. The van der Waals surface area contributed by atoms with Crippen LogP contribution in [0.25, 0.3) is 0 Å². The molecule has 0 bridgehead atoms. The normalized spacial score (nSPS) is 14.7. The van der Waals surface area contributed by atoms with Gasteiger partial charge in [-0.25, -0.2) is 0 Å². The van der Waals surface area contributed by atoms with Crippen molar-refractivity contribution in [2.24, 2.45) is 0 Å². The molecule has 55 heavy (non-hydrogen) atoms. The molecular formula is C46H89N2O6P. The summed E-state index contributed by atoms with van der Waals surface area (Å²) in [6, 6.07) is -0.802. The number of phosphoric ester groups is 1. The van der Waals surface area contributed by atoms with Gasteiger partial charge >= 0.3 is 0 Å². The fraction of sp³-hybridized carbons (Fsp3) is 0.848. The van der Waals surface area contributed by atoms with E-state index in [1.54, 1.807) is 0 Å². The van der Waals surface area contributed by atoms with Gasteiger partial charge < -0.3 is 28.8 Å². The van der Waals surface area contributed by atoms with E-state index in [1.807, 2.05) is 21.1 Å². The third-order valence-electron chi connectivity index (χ3n) is 10.1. The van der Waals surface area contributed by atoms with E-state index < -0.39 is 20.0 Å². The van der Waals surface area contributed by atoms with Crippen molar-refractivity contribution in [3.05, 3.63) is 36.5 Å². The first kappa shape index (κ1) is 53.7. The van der Waals surface area contributed by atoms with Gasteiger partial charge in [0, 0.05) is 6.42 Å². The lowest BCUT2D eigenvalue weighted by atomic mass is 10.0. The van der Waals surface area contributed by atoms with Crippen LogP contribution in [0.1, 0.15) is 200 Å². The zero-order valence-electron chi connectivity index (χ0n) is 36.6. The number of nitrogens with one attached hydrogen (secondary N) is 1. The summed E-state index contributed by atoms with van der Waals surface area (Å²) in [6.07, 6.45) is 45.8. The van der Waals surface area contributed by atoms with E-state index in [-0.39, 0.29) is 19.1 Å². The van der Waals surface area contributed by atoms with Gasteiger partial charge in [-0.3, -0.25) is 9.36 Å². The lowest BCUT2D eigenvalue weighted by molar-refractivity contribution is -0.870. The first-order chi connectivity index (χ1) is 26.5. The molecule has 0 aliphatic rings. The monoisotopic (exact) mass is 797 g/mol. The van der Waals surface area contributed by atoms with Gasteiger partial charge in [0.15, 0.2) is 0 Å². The fourth-order valence-electron chi connectivity index (χ4n) is 6.46. The molecule has 0 rings (SSSR count). The van der Waals surface area contributed by atoms with Crippen molar-refractivity contribution in [2.45, 2.75) is 212 Å². The third-order valence-corrected chi connectivity index (χ3v) is 11.1. The Hall–Kier alpha value is -1.28. The first-order valence-corrected chi connectivity index (χ1v) is 24.3. The highest BCUT2D eigenvalue weighted by Gasteiger charge is 2.24. The summed E-state index contributed by atoms with van der Waals surface area (Å²) >= 11 is 0. The second-order valence-corrected chi connectivity index (χ2v) is 18.2. The Morgan fingerprint density at radius 2 is 1.05 bits per heavy atom. The summed E-state index contributed by atoms with van der Waals surface area (Å²) in [5.41, 5.74) is 0. The number of amides is 1. The Bertz CT molecular complexity index is 995. The number of aliphatic hydroxyl groups excluding tert-OH is 1. The summed E-state index contributed by atoms with van der Waals surface area (Å²) in [4.78, 5) is 25.3. The van der Waals surface area contributed by atoms with Crippen LogP contribution in [0.2, 0.25) is 0 Å². The highest BCUT2D eigenvalue weighted by atomic mass is 31.2. The molecule has 3 unspecified atom stereocenters. The average molecular weight is 797 g/mol. The number of unbranched alkanes of at least 4 members (excludes halogenated alkanes) is 22. The largest absolute Gasteiger partial charge is 0.756 e. The van der Waals surface area contributed by atoms with E-state index in [9.17, 15) is 19.4 Å². The molecule has 0 aromatic carbocycles. The zero-order valence-corrected chi connectivity index (χ0v) is 37.5. The maximum Gasteiger partial charge on any atom is 0.268 e. The SMILES string of the molecule is CCCCCCC/C=C\C/C=C\C/C=C\CCCCCCCCCCC(=O)NC(COP(=O)([O-])OCC[N+](C)(C)C)C(O)CCCCCCCCCCCC.